The van der Waals surface area contributed by atoms with Gasteiger partial charge in [-0.2, -0.15) is 0 Å². The molecule has 3 nitrogen and oxygen atoms in total. The molecule has 156 valence electrons. The number of hydrogen-bond acceptors (Lipinski definition) is 3. The first kappa shape index (κ1) is 21.8. The van der Waals surface area contributed by atoms with Gasteiger partial charge in [-0.1, -0.05) is 49.2 Å². The molecule has 0 aromatic heterocycles. The fraction of sp³-hybridized carbons (Fsp3) is 0.458. The van der Waals surface area contributed by atoms with Crippen LogP contribution in [-0.4, -0.2) is 41.1 Å². The van der Waals surface area contributed by atoms with Crippen molar-refractivity contribution in [2.75, 3.05) is 25.4 Å². The molecule has 29 heavy (non-hydrogen) atoms. The molecule has 1 fully saturated rings. The Morgan fingerprint density at radius 2 is 1.97 bits per heavy atom. The van der Waals surface area contributed by atoms with Gasteiger partial charge in [0.15, 0.2) is 0 Å². The Kier molecular flexibility index (Phi) is 7.73. The fourth-order valence-electron chi connectivity index (χ4n) is 3.72. The first-order valence-corrected chi connectivity index (χ1v) is 11.5. The van der Waals surface area contributed by atoms with E-state index in [0.717, 1.165) is 43.8 Å². The Labute approximate surface area is 178 Å². The molecular formula is C24H31FN2OS. The van der Waals surface area contributed by atoms with Crippen molar-refractivity contribution in [3.8, 4) is 0 Å². The summed E-state index contributed by atoms with van der Waals surface area (Å²) in [5.74, 6) is 0.833. The van der Waals surface area contributed by atoms with Crippen molar-refractivity contribution >= 4 is 17.7 Å². The minimum atomic E-state index is -0.242. The van der Waals surface area contributed by atoms with E-state index in [1.807, 2.05) is 4.90 Å². The quantitative estimate of drug-likeness (QED) is 0.584. The Morgan fingerprint density at radius 3 is 2.69 bits per heavy atom. The monoisotopic (exact) mass is 414 g/mol. The lowest BCUT2D eigenvalue weighted by molar-refractivity contribution is -0.132. The van der Waals surface area contributed by atoms with Gasteiger partial charge >= 0.3 is 0 Å². The SMILES string of the molecule is CCCCN(CC(=O)N1CCS[C@H]1c1ccc(F)cc1)Cc1cc(C)ccc1C. The number of benzene rings is 2. The lowest BCUT2D eigenvalue weighted by Crippen LogP contribution is -2.40. The van der Waals surface area contributed by atoms with Gasteiger partial charge in [0.05, 0.1) is 6.54 Å². The first-order chi connectivity index (χ1) is 14.0. The van der Waals surface area contributed by atoms with Gasteiger partial charge in [0.1, 0.15) is 11.2 Å². The number of carbonyl (C=O) groups excluding carboxylic acids is 1. The second kappa shape index (κ2) is 10.3. The maximum atomic E-state index is 13.3. The molecule has 1 amide bonds. The van der Waals surface area contributed by atoms with Crippen molar-refractivity contribution < 1.29 is 9.18 Å². The van der Waals surface area contributed by atoms with Crippen LogP contribution in [0.1, 0.15) is 47.4 Å². The summed E-state index contributed by atoms with van der Waals surface area (Å²) in [4.78, 5) is 17.4. The van der Waals surface area contributed by atoms with Gasteiger partial charge in [-0.15, -0.1) is 11.8 Å². The zero-order valence-corrected chi connectivity index (χ0v) is 18.5. The average molecular weight is 415 g/mol. The maximum Gasteiger partial charge on any atom is 0.237 e. The highest BCUT2D eigenvalue weighted by atomic mass is 32.2. The van der Waals surface area contributed by atoms with Gasteiger partial charge in [0.2, 0.25) is 5.91 Å². The molecule has 5 heteroatoms. The van der Waals surface area contributed by atoms with Gasteiger partial charge in [-0.3, -0.25) is 9.69 Å². The van der Waals surface area contributed by atoms with Gasteiger partial charge in [-0.05, 0) is 55.6 Å². The van der Waals surface area contributed by atoms with Gasteiger partial charge in [-0.25, -0.2) is 4.39 Å². The summed E-state index contributed by atoms with van der Waals surface area (Å²) in [6.45, 7) is 9.30. The second-order valence-electron chi connectivity index (χ2n) is 7.86. The second-order valence-corrected chi connectivity index (χ2v) is 9.04. The minimum Gasteiger partial charge on any atom is -0.325 e. The molecule has 1 atom stereocenters. The van der Waals surface area contributed by atoms with Gasteiger partial charge in [0.25, 0.3) is 0 Å². The van der Waals surface area contributed by atoms with Crippen LogP contribution in [-0.2, 0) is 11.3 Å². The molecular weight excluding hydrogens is 383 g/mol. The number of nitrogens with zero attached hydrogens (tertiary/aromatic N) is 2. The lowest BCUT2D eigenvalue weighted by Gasteiger charge is -2.29. The zero-order valence-electron chi connectivity index (χ0n) is 17.7. The molecule has 0 spiro atoms. The minimum absolute atomic E-state index is 0.0168. The smallest absolute Gasteiger partial charge is 0.237 e. The number of halogens is 1. The normalized spacial score (nSPS) is 16.6. The summed E-state index contributed by atoms with van der Waals surface area (Å²) in [6, 6.07) is 13.1. The predicted molar refractivity (Wildman–Crippen MR) is 119 cm³/mol. The topological polar surface area (TPSA) is 23.6 Å². The van der Waals surface area contributed by atoms with E-state index in [-0.39, 0.29) is 17.1 Å². The molecule has 0 unspecified atom stereocenters. The van der Waals surface area contributed by atoms with Crippen molar-refractivity contribution in [1.82, 2.24) is 9.80 Å². The van der Waals surface area contributed by atoms with Crippen LogP contribution in [0, 0.1) is 19.7 Å². The highest BCUT2D eigenvalue weighted by molar-refractivity contribution is 7.99. The van der Waals surface area contributed by atoms with E-state index in [9.17, 15) is 9.18 Å². The molecule has 2 aromatic rings. The van der Waals surface area contributed by atoms with Crippen molar-refractivity contribution in [1.29, 1.82) is 0 Å². The number of carbonyl (C=O) groups is 1. The Balaban J connectivity index is 1.71. The van der Waals surface area contributed by atoms with Crippen LogP contribution in [0.25, 0.3) is 0 Å². The summed E-state index contributed by atoms with van der Waals surface area (Å²) in [5, 5.41) is -0.0168. The molecule has 1 aliphatic heterocycles. The van der Waals surface area contributed by atoms with Crippen LogP contribution >= 0.6 is 11.8 Å². The largest absolute Gasteiger partial charge is 0.325 e. The Bertz CT molecular complexity index is 824. The molecule has 0 aliphatic carbocycles. The van der Waals surface area contributed by atoms with Crippen LogP contribution in [0.2, 0.25) is 0 Å². The number of aryl methyl sites for hydroxylation is 2. The van der Waals surface area contributed by atoms with E-state index < -0.39 is 0 Å². The van der Waals surface area contributed by atoms with E-state index in [2.05, 4.69) is 43.9 Å². The van der Waals surface area contributed by atoms with Crippen LogP contribution in [0.4, 0.5) is 4.39 Å². The third kappa shape index (κ3) is 5.83. The summed E-state index contributed by atoms with van der Waals surface area (Å²) >= 11 is 1.76. The average Bonchev–Trinajstić information content (AvgIpc) is 3.19. The number of unbranched alkanes of at least 4 members (excludes halogenated alkanes) is 1. The van der Waals surface area contributed by atoms with Crippen molar-refractivity contribution in [3.63, 3.8) is 0 Å². The number of hydrogen-bond donors (Lipinski definition) is 0. The van der Waals surface area contributed by atoms with E-state index in [4.69, 9.17) is 0 Å². The molecule has 2 aromatic carbocycles. The molecule has 0 saturated carbocycles. The standard InChI is InChI=1S/C24H31FN2OS/c1-4-5-12-26(16-21-15-18(2)6-7-19(21)3)17-23(28)27-13-14-29-24(27)20-8-10-22(25)11-9-20/h6-11,15,24H,4-5,12-14,16-17H2,1-3H3/t24-/m0/s1. The molecule has 0 bridgehead atoms. The third-order valence-corrected chi connectivity index (χ3v) is 6.71. The van der Waals surface area contributed by atoms with Crippen LogP contribution in [0.15, 0.2) is 42.5 Å². The highest BCUT2D eigenvalue weighted by Crippen LogP contribution is 2.38. The fourth-order valence-corrected chi connectivity index (χ4v) is 5.00. The molecule has 1 saturated heterocycles. The van der Waals surface area contributed by atoms with E-state index in [0.29, 0.717) is 6.54 Å². The molecule has 3 rings (SSSR count). The summed E-state index contributed by atoms with van der Waals surface area (Å²) in [7, 11) is 0. The van der Waals surface area contributed by atoms with E-state index >= 15 is 0 Å². The highest BCUT2D eigenvalue weighted by Gasteiger charge is 2.31. The van der Waals surface area contributed by atoms with Crippen LogP contribution in [0.3, 0.4) is 0 Å². The maximum absolute atomic E-state index is 13.3. The van der Waals surface area contributed by atoms with Crippen molar-refractivity contribution in [2.24, 2.45) is 0 Å². The molecule has 1 heterocycles. The number of thioether (sulfide) groups is 1. The van der Waals surface area contributed by atoms with E-state index in [1.165, 1.54) is 28.8 Å². The number of amides is 1. The lowest BCUT2D eigenvalue weighted by atomic mass is 10.0. The summed E-state index contributed by atoms with van der Waals surface area (Å²) < 4.78 is 13.3. The Morgan fingerprint density at radius 1 is 1.21 bits per heavy atom. The van der Waals surface area contributed by atoms with Crippen molar-refractivity contribution in [2.45, 2.75) is 45.5 Å². The summed E-state index contributed by atoms with van der Waals surface area (Å²) in [5.41, 5.74) is 4.81. The van der Waals surface area contributed by atoms with Gasteiger partial charge in [0, 0.05) is 18.8 Å². The van der Waals surface area contributed by atoms with Crippen LogP contribution < -0.4 is 0 Å². The molecule has 0 N–H and O–H groups in total. The predicted octanol–water partition coefficient (Wildman–Crippen LogP) is 5.32. The Hall–Kier alpha value is -1.85. The van der Waals surface area contributed by atoms with Gasteiger partial charge < -0.3 is 4.90 Å². The van der Waals surface area contributed by atoms with E-state index in [1.54, 1.807) is 23.9 Å². The molecule has 0 radical (unpaired) electrons. The third-order valence-electron chi connectivity index (χ3n) is 5.45. The zero-order chi connectivity index (χ0) is 20.8. The van der Waals surface area contributed by atoms with Crippen LogP contribution in [0.5, 0.6) is 0 Å². The number of rotatable bonds is 8. The molecule has 1 aliphatic rings. The summed E-state index contributed by atoms with van der Waals surface area (Å²) in [6.07, 6.45) is 2.18. The van der Waals surface area contributed by atoms with Crippen molar-refractivity contribution in [3.05, 3.63) is 70.5 Å². The first-order valence-electron chi connectivity index (χ1n) is 10.4.